The first-order valence-corrected chi connectivity index (χ1v) is 18.6. The van der Waals surface area contributed by atoms with Crippen molar-refractivity contribution in [3.63, 3.8) is 0 Å². The van der Waals surface area contributed by atoms with E-state index in [0.717, 1.165) is 61.5 Å². The van der Waals surface area contributed by atoms with Crippen LogP contribution in [0, 0.1) is 23.6 Å². The molecular weight excluding hydrogens is 673 g/mol. The van der Waals surface area contributed by atoms with Crippen molar-refractivity contribution in [2.45, 2.75) is 84.5 Å². The fourth-order valence-corrected chi connectivity index (χ4v) is 9.76. The number of carboxylic acid groups (broad SMARTS) is 1. The van der Waals surface area contributed by atoms with Gasteiger partial charge in [-0.2, -0.15) is 15.1 Å². The van der Waals surface area contributed by atoms with Crippen molar-refractivity contribution in [3.05, 3.63) is 40.8 Å². The molecule has 6 heterocycles. The van der Waals surface area contributed by atoms with Crippen LogP contribution in [0.2, 0.25) is 5.02 Å². The summed E-state index contributed by atoms with van der Waals surface area (Å²) in [4.78, 5) is 27.8. The minimum Gasteiger partial charge on any atom is -0.465 e. The number of anilines is 1. The SMILES string of the molecule is Cc1ccc2cnn(C3CCCCO3)c2c1-c1c(Cl)cc2c(N3CCC4(C3)CN(C(=O)O)C4C(C)(C)C)nc(OCC3CCCN3C)nc2c1F. The van der Waals surface area contributed by atoms with Crippen molar-refractivity contribution in [2.24, 2.45) is 10.8 Å². The standard InChI is InChI=1S/C38H47ClFN7O4/c1-22-11-12-23-18-41-47(27-10-6-7-16-50-27)32(23)28(22)29-26(39)17-25-31(30(29)40)42-35(51-19-24-9-8-14-44(24)5)43-33(25)45-15-13-38(20-45)21-46(36(48)49)34(38)37(2,3)4/h11-12,17-18,24,27,34H,6-10,13-16,19-21H2,1-5H3,(H,48,49). The lowest BCUT2D eigenvalue weighted by Crippen LogP contribution is -2.71. The fraction of sp³-hybridized carbons (Fsp3) is 0.579. The van der Waals surface area contributed by atoms with Gasteiger partial charge in [-0.25, -0.2) is 13.9 Å². The Balaban J connectivity index is 1.26. The van der Waals surface area contributed by atoms with Gasteiger partial charge in [0.05, 0.1) is 16.7 Å². The largest absolute Gasteiger partial charge is 0.465 e. The summed E-state index contributed by atoms with van der Waals surface area (Å²) in [7, 11) is 2.09. The summed E-state index contributed by atoms with van der Waals surface area (Å²) in [5, 5.41) is 16.3. The number of halogens is 2. The zero-order chi connectivity index (χ0) is 35.8. The van der Waals surface area contributed by atoms with E-state index in [1.54, 1.807) is 17.2 Å². The van der Waals surface area contributed by atoms with Crippen LogP contribution in [0.1, 0.15) is 71.1 Å². The molecular formula is C38H47ClFN7O4. The molecule has 0 bridgehead atoms. The Labute approximate surface area is 302 Å². The first-order chi connectivity index (χ1) is 24.4. The van der Waals surface area contributed by atoms with Crippen molar-refractivity contribution in [2.75, 3.05) is 51.3 Å². The maximum atomic E-state index is 17.5. The zero-order valence-corrected chi connectivity index (χ0v) is 30.8. The number of hydrogen-bond acceptors (Lipinski definition) is 8. The van der Waals surface area contributed by atoms with Gasteiger partial charge in [0.1, 0.15) is 17.9 Å². The van der Waals surface area contributed by atoms with Crippen molar-refractivity contribution in [1.82, 2.24) is 29.5 Å². The van der Waals surface area contributed by atoms with Crippen LogP contribution in [0.15, 0.2) is 24.4 Å². The number of hydrogen-bond donors (Lipinski definition) is 1. The predicted molar refractivity (Wildman–Crippen MR) is 195 cm³/mol. The number of likely N-dealkylation sites (N-methyl/N-ethyl adjacent to an activating group) is 1. The van der Waals surface area contributed by atoms with Crippen LogP contribution >= 0.6 is 11.6 Å². The van der Waals surface area contributed by atoms with Crippen LogP contribution in [0.3, 0.4) is 0 Å². The van der Waals surface area contributed by atoms with E-state index in [1.165, 1.54) is 0 Å². The highest BCUT2D eigenvalue weighted by atomic mass is 35.5. The highest BCUT2D eigenvalue weighted by Gasteiger charge is 2.61. The molecule has 4 unspecified atom stereocenters. The van der Waals surface area contributed by atoms with Crippen LogP contribution in [-0.4, -0.2) is 99.3 Å². The summed E-state index contributed by atoms with van der Waals surface area (Å²) >= 11 is 7.15. The lowest BCUT2D eigenvalue weighted by Gasteiger charge is -2.59. The van der Waals surface area contributed by atoms with Gasteiger partial charge in [0.25, 0.3) is 0 Å². The van der Waals surface area contributed by atoms with E-state index in [9.17, 15) is 9.90 Å². The summed E-state index contributed by atoms with van der Waals surface area (Å²) in [6.07, 6.45) is 6.40. The van der Waals surface area contributed by atoms with Crippen LogP contribution in [-0.2, 0) is 4.74 Å². The Morgan fingerprint density at radius 3 is 2.67 bits per heavy atom. The molecule has 0 radical (unpaired) electrons. The van der Waals surface area contributed by atoms with Crippen molar-refractivity contribution in [3.8, 4) is 17.1 Å². The quantitative estimate of drug-likeness (QED) is 0.216. The lowest BCUT2D eigenvalue weighted by atomic mass is 9.61. The molecule has 4 saturated heterocycles. The lowest BCUT2D eigenvalue weighted by molar-refractivity contribution is -0.0946. The summed E-state index contributed by atoms with van der Waals surface area (Å²) in [6.45, 7) is 11.9. The third kappa shape index (κ3) is 5.78. The molecule has 4 fully saturated rings. The number of likely N-dealkylation sites (tertiary alicyclic amines) is 2. The molecule has 1 spiro atoms. The number of ether oxygens (including phenoxy) is 2. The van der Waals surface area contributed by atoms with Crippen LogP contribution in [0.4, 0.5) is 15.0 Å². The molecule has 272 valence electrons. The van der Waals surface area contributed by atoms with Gasteiger partial charge in [-0.1, -0.05) is 44.5 Å². The van der Waals surface area contributed by atoms with Crippen LogP contribution < -0.4 is 9.64 Å². The minimum atomic E-state index is -0.901. The van der Waals surface area contributed by atoms with Gasteiger partial charge >= 0.3 is 12.1 Å². The molecule has 0 saturated carbocycles. The Kier molecular flexibility index (Phi) is 8.58. The molecule has 4 aliphatic rings. The Morgan fingerprint density at radius 2 is 1.96 bits per heavy atom. The molecule has 51 heavy (non-hydrogen) atoms. The molecule has 2 aromatic heterocycles. The highest BCUT2D eigenvalue weighted by molar-refractivity contribution is 6.35. The highest BCUT2D eigenvalue weighted by Crippen LogP contribution is 2.53. The van der Waals surface area contributed by atoms with Gasteiger partial charge in [-0.05, 0) is 76.1 Å². The number of aromatic nitrogens is 4. The molecule has 2 aromatic carbocycles. The summed E-state index contributed by atoms with van der Waals surface area (Å²) in [5.41, 5.74) is 2.18. The first-order valence-electron chi connectivity index (χ1n) is 18.2. The zero-order valence-electron chi connectivity index (χ0n) is 30.1. The van der Waals surface area contributed by atoms with E-state index in [2.05, 4.69) is 37.6 Å². The number of nitrogens with zero attached hydrogens (tertiary/aromatic N) is 7. The van der Waals surface area contributed by atoms with E-state index >= 15 is 4.39 Å². The van der Waals surface area contributed by atoms with E-state index in [1.807, 2.05) is 23.7 Å². The van der Waals surface area contributed by atoms with E-state index in [-0.39, 0.29) is 51.3 Å². The smallest absolute Gasteiger partial charge is 0.407 e. The van der Waals surface area contributed by atoms with Gasteiger partial charge in [0, 0.05) is 65.6 Å². The number of aryl methyl sites for hydroxylation is 1. The Bertz CT molecular complexity index is 2010. The monoisotopic (exact) mass is 719 g/mol. The number of amides is 1. The number of benzene rings is 2. The molecule has 4 aromatic rings. The maximum Gasteiger partial charge on any atom is 0.407 e. The second-order valence-electron chi connectivity index (χ2n) is 16.2. The maximum absolute atomic E-state index is 17.5. The van der Waals surface area contributed by atoms with Crippen molar-refractivity contribution in [1.29, 1.82) is 0 Å². The molecule has 11 nitrogen and oxygen atoms in total. The predicted octanol–water partition coefficient (Wildman–Crippen LogP) is 7.52. The molecule has 4 atom stereocenters. The van der Waals surface area contributed by atoms with Gasteiger partial charge in [-0.3, -0.25) is 0 Å². The topological polar surface area (TPSA) is 109 Å². The molecule has 1 amide bonds. The summed E-state index contributed by atoms with van der Waals surface area (Å²) in [5.74, 6) is 0.00934. The molecule has 1 N–H and O–H groups in total. The minimum absolute atomic E-state index is 0.120. The average molecular weight is 720 g/mol. The van der Waals surface area contributed by atoms with Crippen molar-refractivity contribution >= 4 is 45.3 Å². The third-order valence-corrected chi connectivity index (χ3v) is 12.0. The van der Waals surface area contributed by atoms with Gasteiger partial charge in [-0.15, -0.1) is 0 Å². The second-order valence-corrected chi connectivity index (χ2v) is 16.6. The van der Waals surface area contributed by atoms with E-state index in [0.29, 0.717) is 49.6 Å². The van der Waals surface area contributed by atoms with E-state index in [4.69, 9.17) is 36.1 Å². The van der Waals surface area contributed by atoms with E-state index < -0.39 is 11.9 Å². The van der Waals surface area contributed by atoms with Gasteiger partial charge < -0.3 is 29.3 Å². The Hall–Kier alpha value is -3.74. The molecule has 8 rings (SSSR count). The van der Waals surface area contributed by atoms with Crippen molar-refractivity contribution < 1.29 is 23.8 Å². The number of fused-ring (bicyclic) bond motifs is 2. The summed E-state index contributed by atoms with van der Waals surface area (Å²) < 4.78 is 31.7. The average Bonchev–Trinajstić information content (AvgIpc) is 3.82. The number of rotatable bonds is 6. The van der Waals surface area contributed by atoms with Crippen LogP contribution in [0.5, 0.6) is 6.01 Å². The normalized spacial score (nSPS) is 25.7. The molecule has 4 aliphatic heterocycles. The van der Waals surface area contributed by atoms with Gasteiger partial charge in [0.2, 0.25) is 0 Å². The molecule has 0 aliphatic carbocycles. The van der Waals surface area contributed by atoms with Crippen LogP contribution in [0.25, 0.3) is 32.9 Å². The first kappa shape index (κ1) is 34.4. The Morgan fingerprint density at radius 1 is 1.14 bits per heavy atom. The second kappa shape index (κ2) is 12.7. The third-order valence-electron chi connectivity index (χ3n) is 11.7. The summed E-state index contributed by atoms with van der Waals surface area (Å²) in [6, 6.07) is 5.93. The molecule has 13 heteroatoms. The number of carbonyl (C=O) groups is 1. The van der Waals surface area contributed by atoms with Gasteiger partial charge in [0.15, 0.2) is 12.0 Å². The fourth-order valence-electron chi connectivity index (χ4n) is 9.48.